The quantitative estimate of drug-likeness (QED) is 0.593. The van der Waals surface area contributed by atoms with Gasteiger partial charge in [-0.2, -0.15) is 0 Å². The normalized spacial score (nSPS) is 14.9. The van der Waals surface area contributed by atoms with Gasteiger partial charge in [0.2, 0.25) is 0 Å². The minimum atomic E-state index is -0.314. The summed E-state index contributed by atoms with van der Waals surface area (Å²) in [5, 5.41) is 3.02. The number of carbonyl (C=O) groups is 1. The molecule has 1 fully saturated rings. The van der Waals surface area contributed by atoms with Crippen LogP contribution in [0.4, 0.5) is 21.7 Å². The minimum absolute atomic E-state index is 0.156. The topological polar surface area (TPSA) is 67.3 Å². The van der Waals surface area contributed by atoms with Gasteiger partial charge in [0.05, 0.1) is 12.8 Å². The molecule has 0 spiro atoms. The summed E-state index contributed by atoms with van der Waals surface area (Å²) in [4.78, 5) is 23.0. The van der Waals surface area contributed by atoms with Crippen molar-refractivity contribution in [2.75, 3.05) is 36.7 Å². The van der Waals surface area contributed by atoms with E-state index in [2.05, 4.69) is 20.2 Å². The Morgan fingerprint density at radius 2 is 2.11 bits per heavy atom. The van der Waals surface area contributed by atoms with E-state index in [9.17, 15) is 9.18 Å². The molecule has 0 bridgehead atoms. The molecule has 0 radical (unpaired) electrons. The largest absolute Gasteiger partial charge is 0.469 e. The van der Waals surface area contributed by atoms with Crippen LogP contribution in [0, 0.1) is 11.7 Å². The van der Waals surface area contributed by atoms with Crippen LogP contribution in [-0.2, 0) is 9.53 Å². The number of nitrogens with one attached hydrogen (secondary N) is 1. The van der Waals surface area contributed by atoms with Crippen LogP contribution in [0.15, 0.2) is 35.5 Å². The number of ether oxygens (including phenoxy) is 1. The second kappa shape index (κ2) is 9.03. The van der Waals surface area contributed by atoms with E-state index in [1.807, 2.05) is 18.4 Å². The van der Waals surface area contributed by atoms with Gasteiger partial charge in [-0.1, -0.05) is 0 Å². The number of hydrogen-bond donors (Lipinski definition) is 1. The molecule has 2 heterocycles. The molecule has 2 aromatic rings. The molecule has 8 heteroatoms. The Bertz CT molecular complexity index is 797. The zero-order valence-electron chi connectivity index (χ0n) is 15.4. The Morgan fingerprint density at radius 1 is 1.33 bits per heavy atom. The van der Waals surface area contributed by atoms with Crippen molar-refractivity contribution in [3.05, 3.63) is 36.4 Å². The van der Waals surface area contributed by atoms with Gasteiger partial charge in [-0.05, 0) is 43.2 Å². The van der Waals surface area contributed by atoms with E-state index < -0.39 is 0 Å². The van der Waals surface area contributed by atoms with Gasteiger partial charge in [-0.3, -0.25) is 4.79 Å². The summed E-state index contributed by atoms with van der Waals surface area (Å²) in [5.41, 5.74) is 0.384. The molecule has 1 aromatic carbocycles. The highest BCUT2D eigenvalue weighted by Crippen LogP contribution is 2.27. The molecule has 0 aliphatic carbocycles. The van der Waals surface area contributed by atoms with Gasteiger partial charge in [0.1, 0.15) is 23.8 Å². The number of aromatic nitrogens is 2. The van der Waals surface area contributed by atoms with Crippen molar-refractivity contribution in [2.24, 2.45) is 5.92 Å². The van der Waals surface area contributed by atoms with Crippen LogP contribution >= 0.6 is 11.8 Å². The molecule has 0 amide bonds. The predicted octanol–water partition coefficient (Wildman–Crippen LogP) is 3.86. The molecule has 1 aliphatic heterocycles. The van der Waals surface area contributed by atoms with Gasteiger partial charge < -0.3 is 15.0 Å². The number of piperidine rings is 1. The van der Waals surface area contributed by atoms with Crippen LogP contribution in [0.25, 0.3) is 0 Å². The molecule has 1 saturated heterocycles. The van der Waals surface area contributed by atoms with E-state index in [0.717, 1.165) is 36.6 Å². The van der Waals surface area contributed by atoms with Crippen LogP contribution in [0.3, 0.4) is 0 Å². The summed E-state index contributed by atoms with van der Waals surface area (Å²) >= 11 is 1.50. The molecule has 0 unspecified atom stereocenters. The molecule has 1 aromatic heterocycles. The standard InChI is InChI=1S/C19H23FN4O2S/c1-26-19(25)9-13-5-7-24(8-6-13)18-11-17(21-12-22-18)23-16-4-3-14(27-2)10-15(16)20/h3-4,10-13H,5-9H2,1-2H3,(H,21,22,23). The minimum Gasteiger partial charge on any atom is -0.469 e. The van der Waals surface area contributed by atoms with E-state index in [4.69, 9.17) is 4.74 Å². The highest BCUT2D eigenvalue weighted by molar-refractivity contribution is 7.98. The molecule has 0 atom stereocenters. The van der Waals surface area contributed by atoms with Crippen molar-refractivity contribution in [1.82, 2.24) is 9.97 Å². The molecule has 1 N–H and O–H groups in total. The monoisotopic (exact) mass is 390 g/mol. The number of benzene rings is 1. The fraction of sp³-hybridized carbons (Fsp3) is 0.421. The maximum absolute atomic E-state index is 14.2. The zero-order valence-corrected chi connectivity index (χ0v) is 16.3. The van der Waals surface area contributed by atoms with Gasteiger partial charge in [0.25, 0.3) is 0 Å². The first-order valence-corrected chi connectivity index (χ1v) is 10.1. The highest BCUT2D eigenvalue weighted by atomic mass is 32.2. The number of anilines is 3. The number of rotatable bonds is 6. The number of nitrogens with zero attached hydrogens (tertiary/aromatic N) is 3. The van der Waals surface area contributed by atoms with Crippen molar-refractivity contribution in [2.45, 2.75) is 24.2 Å². The molecule has 0 saturated carbocycles. The van der Waals surface area contributed by atoms with Gasteiger partial charge in [0.15, 0.2) is 0 Å². The van der Waals surface area contributed by atoms with Crippen molar-refractivity contribution in [3.8, 4) is 0 Å². The third kappa shape index (κ3) is 5.09. The maximum Gasteiger partial charge on any atom is 0.305 e. The Hall–Kier alpha value is -2.35. The second-order valence-corrected chi connectivity index (χ2v) is 7.32. The third-order valence-corrected chi connectivity index (χ3v) is 5.44. The second-order valence-electron chi connectivity index (χ2n) is 6.44. The number of carbonyl (C=O) groups excluding carboxylic acids is 1. The van der Waals surface area contributed by atoms with Crippen LogP contribution in [-0.4, -0.2) is 42.4 Å². The van der Waals surface area contributed by atoms with Crippen molar-refractivity contribution < 1.29 is 13.9 Å². The lowest BCUT2D eigenvalue weighted by molar-refractivity contribution is -0.141. The lowest BCUT2D eigenvalue weighted by Crippen LogP contribution is -2.35. The highest BCUT2D eigenvalue weighted by Gasteiger charge is 2.23. The first kappa shape index (κ1) is 19.4. The fourth-order valence-corrected chi connectivity index (χ4v) is 3.56. The van der Waals surface area contributed by atoms with Gasteiger partial charge >= 0.3 is 5.97 Å². The molecule has 27 heavy (non-hydrogen) atoms. The average molecular weight is 390 g/mol. The summed E-state index contributed by atoms with van der Waals surface area (Å²) in [5.74, 6) is 1.22. The number of halogens is 1. The molecular weight excluding hydrogens is 367 g/mol. The lowest BCUT2D eigenvalue weighted by Gasteiger charge is -2.32. The molecule has 144 valence electrons. The summed E-state index contributed by atoms with van der Waals surface area (Å²) in [6, 6.07) is 6.90. The van der Waals surface area contributed by atoms with Gasteiger partial charge in [-0.25, -0.2) is 14.4 Å². The number of methoxy groups -OCH3 is 1. The predicted molar refractivity (Wildman–Crippen MR) is 105 cm³/mol. The molecule has 1 aliphatic rings. The van der Waals surface area contributed by atoms with Gasteiger partial charge in [0, 0.05) is 30.5 Å². The van der Waals surface area contributed by atoms with Crippen molar-refractivity contribution >= 4 is 35.1 Å². The average Bonchev–Trinajstić information content (AvgIpc) is 2.70. The van der Waals surface area contributed by atoms with E-state index in [1.165, 1.54) is 31.3 Å². The molecular formula is C19H23FN4O2S. The smallest absolute Gasteiger partial charge is 0.305 e. The Morgan fingerprint density at radius 3 is 2.78 bits per heavy atom. The van der Waals surface area contributed by atoms with E-state index in [1.54, 1.807) is 6.07 Å². The summed E-state index contributed by atoms with van der Waals surface area (Å²) in [6.07, 6.45) is 5.67. The van der Waals surface area contributed by atoms with Crippen LogP contribution in [0.5, 0.6) is 0 Å². The number of hydrogen-bond acceptors (Lipinski definition) is 7. The zero-order chi connectivity index (χ0) is 19.2. The number of esters is 1. The van der Waals surface area contributed by atoms with E-state index >= 15 is 0 Å². The first-order valence-electron chi connectivity index (χ1n) is 8.83. The van der Waals surface area contributed by atoms with Crippen LogP contribution < -0.4 is 10.2 Å². The van der Waals surface area contributed by atoms with E-state index in [0.29, 0.717) is 23.8 Å². The summed E-state index contributed by atoms with van der Waals surface area (Å²) in [7, 11) is 1.42. The SMILES string of the molecule is COC(=O)CC1CCN(c2cc(Nc3ccc(SC)cc3F)ncn2)CC1. The summed E-state index contributed by atoms with van der Waals surface area (Å²) < 4.78 is 18.9. The number of thioether (sulfide) groups is 1. The van der Waals surface area contributed by atoms with Crippen LogP contribution in [0.2, 0.25) is 0 Å². The van der Waals surface area contributed by atoms with Gasteiger partial charge in [-0.15, -0.1) is 11.8 Å². The fourth-order valence-electron chi connectivity index (χ4n) is 3.14. The van der Waals surface area contributed by atoms with Crippen molar-refractivity contribution in [1.29, 1.82) is 0 Å². The Balaban J connectivity index is 1.63. The summed E-state index contributed by atoms with van der Waals surface area (Å²) in [6.45, 7) is 1.63. The van der Waals surface area contributed by atoms with E-state index in [-0.39, 0.29) is 11.8 Å². The Labute approximate surface area is 162 Å². The third-order valence-electron chi connectivity index (χ3n) is 4.71. The molecule has 3 rings (SSSR count). The Kier molecular flexibility index (Phi) is 6.49. The first-order chi connectivity index (χ1) is 13.1. The van der Waals surface area contributed by atoms with Crippen LogP contribution in [0.1, 0.15) is 19.3 Å². The lowest BCUT2D eigenvalue weighted by atomic mass is 9.93. The maximum atomic E-state index is 14.2. The van der Waals surface area contributed by atoms with Crippen molar-refractivity contribution in [3.63, 3.8) is 0 Å². The molecule has 6 nitrogen and oxygen atoms in total.